The van der Waals surface area contributed by atoms with Crippen molar-refractivity contribution in [3.63, 3.8) is 0 Å². The molecule has 1 fully saturated rings. The molecule has 7 nitrogen and oxygen atoms in total. The van der Waals surface area contributed by atoms with Gasteiger partial charge in [0.2, 0.25) is 17.7 Å². The van der Waals surface area contributed by atoms with Gasteiger partial charge in [-0.15, -0.1) is 0 Å². The minimum Gasteiger partial charge on any atom is -0.475 e. The summed E-state index contributed by atoms with van der Waals surface area (Å²) in [5, 5.41) is 5.66. The molecule has 0 aromatic carbocycles. The van der Waals surface area contributed by atoms with Crippen molar-refractivity contribution in [1.82, 2.24) is 15.6 Å². The molecule has 0 bridgehead atoms. The van der Waals surface area contributed by atoms with Crippen molar-refractivity contribution >= 4 is 11.8 Å². The smallest absolute Gasteiger partial charge is 0.233 e. The molecule has 0 unspecified atom stereocenters. The first-order valence-corrected chi connectivity index (χ1v) is 8.45. The molecule has 0 saturated carbocycles. The number of carbonyl (C=O) groups is 2. The van der Waals surface area contributed by atoms with Crippen LogP contribution in [0.5, 0.6) is 5.88 Å². The van der Waals surface area contributed by atoms with Gasteiger partial charge in [0.05, 0.1) is 6.61 Å². The largest absolute Gasteiger partial charge is 0.475 e. The van der Waals surface area contributed by atoms with Crippen molar-refractivity contribution in [1.29, 1.82) is 0 Å². The van der Waals surface area contributed by atoms with E-state index in [0.29, 0.717) is 32.2 Å². The maximum absolute atomic E-state index is 12.5. The predicted octanol–water partition coefficient (Wildman–Crippen LogP) is 1.13. The molecule has 0 aliphatic carbocycles. The summed E-state index contributed by atoms with van der Waals surface area (Å²) in [4.78, 5) is 28.7. The third-order valence-corrected chi connectivity index (χ3v) is 4.38. The average molecular weight is 349 g/mol. The third kappa shape index (κ3) is 5.16. The highest BCUT2D eigenvalue weighted by atomic mass is 16.5. The lowest BCUT2D eigenvalue weighted by atomic mass is 9.74. The molecule has 2 rings (SSSR count). The summed E-state index contributed by atoms with van der Waals surface area (Å²) in [6.45, 7) is 7.89. The normalized spacial score (nSPS) is 20.2. The third-order valence-electron chi connectivity index (χ3n) is 4.38. The predicted molar refractivity (Wildman–Crippen MR) is 92.9 cm³/mol. The van der Waals surface area contributed by atoms with Crippen LogP contribution in [0.1, 0.15) is 26.3 Å². The fourth-order valence-electron chi connectivity index (χ4n) is 2.90. The molecule has 2 heterocycles. The van der Waals surface area contributed by atoms with E-state index in [9.17, 15) is 9.59 Å². The number of nitrogens with zero attached hydrogens (tertiary/aromatic N) is 1. The van der Waals surface area contributed by atoms with Gasteiger partial charge >= 0.3 is 0 Å². The Labute approximate surface area is 148 Å². The molecule has 1 aliphatic rings. The minimum absolute atomic E-state index is 0.0228. The first-order valence-electron chi connectivity index (χ1n) is 8.45. The first-order chi connectivity index (χ1) is 11.8. The zero-order chi connectivity index (χ0) is 18.4. The van der Waals surface area contributed by atoms with E-state index in [1.165, 1.54) is 0 Å². The molecule has 1 aromatic rings. The summed E-state index contributed by atoms with van der Waals surface area (Å²) in [5.74, 6) is -0.635. The van der Waals surface area contributed by atoms with Gasteiger partial charge in [-0.05, 0) is 17.0 Å². The number of hydrogen-bond acceptors (Lipinski definition) is 5. The van der Waals surface area contributed by atoms with E-state index in [-0.39, 0.29) is 23.1 Å². The Kier molecular flexibility index (Phi) is 6.36. The number of nitrogens with one attached hydrogen (secondary N) is 2. The lowest BCUT2D eigenvalue weighted by Gasteiger charge is -2.29. The summed E-state index contributed by atoms with van der Waals surface area (Å²) in [6.07, 6.45) is 1.63. The summed E-state index contributed by atoms with van der Waals surface area (Å²) >= 11 is 0. The second-order valence-corrected chi connectivity index (χ2v) is 7.26. The molecule has 2 amide bonds. The molecule has 1 saturated heterocycles. The Balaban J connectivity index is 1.95. The van der Waals surface area contributed by atoms with Gasteiger partial charge in [0.25, 0.3) is 0 Å². The topological polar surface area (TPSA) is 89.5 Å². The van der Waals surface area contributed by atoms with Gasteiger partial charge in [-0.3, -0.25) is 9.59 Å². The number of methoxy groups -OCH3 is 1. The molecule has 0 spiro atoms. The van der Waals surface area contributed by atoms with Crippen LogP contribution in [-0.4, -0.2) is 43.7 Å². The fourth-order valence-corrected chi connectivity index (χ4v) is 2.90. The number of amides is 2. The molecular weight excluding hydrogens is 322 g/mol. The van der Waals surface area contributed by atoms with Crippen LogP contribution in [0.2, 0.25) is 0 Å². The highest BCUT2D eigenvalue weighted by Gasteiger charge is 2.45. The van der Waals surface area contributed by atoms with E-state index in [4.69, 9.17) is 9.47 Å². The number of hydrogen-bond donors (Lipinski definition) is 2. The Hall–Kier alpha value is -2.15. The number of aromatic nitrogens is 1. The summed E-state index contributed by atoms with van der Waals surface area (Å²) in [7, 11) is 1.60. The standard InChI is InChI=1S/C18H27N3O4/c1-18(2,3)13-11-21-17(23)15(13)16(22)20-10-12-5-6-19-14(9-12)25-8-7-24-4/h5-6,9,13,15H,7-8,10-11H2,1-4H3,(H,20,22)(H,21,23)/t13-,15-/m1/s1. The quantitative estimate of drug-likeness (QED) is 0.569. The molecular formula is C18H27N3O4. The fraction of sp³-hybridized carbons (Fsp3) is 0.611. The van der Waals surface area contributed by atoms with Crippen LogP contribution in [0.3, 0.4) is 0 Å². The van der Waals surface area contributed by atoms with Crippen molar-refractivity contribution in [3.05, 3.63) is 23.9 Å². The highest BCUT2D eigenvalue weighted by Crippen LogP contribution is 2.35. The van der Waals surface area contributed by atoms with Crippen LogP contribution in [0.25, 0.3) is 0 Å². The lowest BCUT2D eigenvalue weighted by molar-refractivity contribution is -0.135. The Morgan fingerprint density at radius 1 is 1.40 bits per heavy atom. The highest BCUT2D eigenvalue weighted by molar-refractivity contribution is 6.02. The maximum Gasteiger partial charge on any atom is 0.233 e. The molecule has 2 N–H and O–H groups in total. The first kappa shape index (κ1) is 19.2. The van der Waals surface area contributed by atoms with E-state index < -0.39 is 5.92 Å². The van der Waals surface area contributed by atoms with Crippen molar-refractivity contribution in [3.8, 4) is 5.88 Å². The van der Waals surface area contributed by atoms with Gasteiger partial charge in [0.1, 0.15) is 12.5 Å². The van der Waals surface area contributed by atoms with Crippen LogP contribution in [0.15, 0.2) is 18.3 Å². The van der Waals surface area contributed by atoms with Gasteiger partial charge in [0, 0.05) is 38.4 Å². The molecule has 1 aliphatic heterocycles. The molecule has 25 heavy (non-hydrogen) atoms. The van der Waals surface area contributed by atoms with Crippen LogP contribution >= 0.6 is 0 Å². The average Bonchev–Trinajstić information content (AvgIpc) is 2.95. The van der Waals surface area contributed by atoms with Crippen LogP contribution in [0.4, 0.5) is 0 Å². The zero-order valence-electron chi connectivity index (χ0n) is 15.3. The summed E-state index contributed by atoms with van der Waals surface area (Å²) in [5.41, 5.74) is 0.738. The van der Waals surface area contributed by atoms with Gasteiger partial charge in [-0.1, -0.05) is 20.8 Å². The second kappa shape index (κ2) is 8.29. The second-order valence-electron chi connectivity index (χ2n) is 7.26. The molecule has 0 radical (unpaired) electrons. The van der Waals surface area contributed by atoms with E-state index in [2.05, 4.69) is 15.6 Å². The van der Waals surface area contributed by atoms with E-state index in [1.54, 1.807) is 25.4 Å². The van der Waals surface area contributed by atoms with Gasteiger partial charge in [-0.25, -0.2) is 4.98 Å². The van der Waals surface area contributed by atoms with Crippen molar-refractivity contribution in [2.45, 2.75) is 27.3 Å². The van der Waals surface area contributed by atoms with Gasteiger partial charge < -0.3 is 20.1 Å². The lowest BCUT2D eigenvalue weighted by Crippen LogP contribution is -2.40. The Bertz CT molecular complexity index is 613. The number of carbonyl (C=O) groups excluding carboxylic acids is 2. The van der Waals surface area contributed by atoms with Crippen LogP contribution in [-0.2, 0) is 20.9 Å². The SMILES string of the molecule is COCCOc1cc(CNC(=O)[C@@H]2C(=O)NC[C@H]2C(C)(C)C)ccn1. The molecule has 2 atom stereocenters. The Morgan fingerprint density at radius 2 is 2.16 bits per heavy atom. The minimum atomic E-state index is -0.653. The summed E-state index contributed by atoms with van der Waals surface area (Å²) in [6, 6.07) is 3.57. The van der Waals surface area contributed by atoms with Crippen molar-refractivity contribution < 1.29 is 19.1 Å². The molecule has 138 valence electrons. The van der Waals surface area contributed by atoms with Crippen molar-refractivity contribution in [2.75, 3.05) is 26.9 Å². The van der Waals surface area contributed by atoms with Gasteiger partial charge in [-0.2, -0.15) is 0 Å². The monoisotopic (exact) mass is 349 g/mol. The zero-order valence-corrected chi connectivity index (χ0v) is 15.3. The molecule has 1 aromatic heterocycles. The molecule has 7 heteroatoms. The summed E-state index contributed by atoms with van der Waals surface area (Å²) < 4.78 is 10.4. The van der Waals surface area contributed by atoms with Crippen LogP contribution in [0, 0.1) is 17.3 Å². The van der Waals surface area contributed by atoms with Crippen LogP contribution < -0.4 is 15.4 Å². The number of ether oxygens (including phenoxy) is 2. The Morgan fingerprint density at radius 3 is 2.84 bits per heavy atom. The van der Waals surface area contributed by atoms with Crippen molar-refractivity contribution in [2.24, 2.45) is 17.3 Å². The van der Waals surface area contributed by atoms with Gasteiger partial charge in [0.15, 0.2) is 0 Å². The van der Waals surface area contributed by atoms with E-state index in [0.717, 1.165) is 5.56 Å². The number of rotatable bonds is 7. The maximum atomic E-state index is 12.5. The van der Waals surface area contributed by atoms with E-state index >= 15 is 0 Å². The number of pyridine rings is 1. The van der Waals surface area contributed by atoms with E-state index in [1.807, 2.05) is 20.8 Å².